The van der Waals surface area contributed by atoms with Crippen LogP contribution in [-0.4, -0.2) is 54.3 Å². The molecule has 0 aliphatic carbocycles. The molecule has 0 N–H and O–H groups in total. The van der Waals surface area contributed by atoms with Crippen LogP contribution >= 0.6 is 0 Å². The number of alkyl halides is 3. The van der Waals surface area contributed by atoms with E-state index in [0.717, 1.165) is 34.5 Å². The Labute approximate surface area is 145 Å². The molecule has 1 aromatic rings. The fourth-order valence-electron chi connectivity index (χ4n) is 1.77. The van der Waals surface area contributed by atoms with Gasteiger partial charge in [-0.1, -0.05) is 0 Å². The third-order valence-electron chi connectivity index (χ3n) is 2.90. The van der Waals surface area contributed by atoms with Gasteiger partial charge in [-0.15, -0.1) is 0 Å². The number of carbonyl (C=O) groups excluding carboxylic acids is 2. The Kier molecular flexibility index (Phi) is 6.30. The average molecular weight is 402 g/mol. The maximum absolute atomic E-state index is 12.7. The van der Waals surface area contributed by atoms with Gasteiger partial charge in [0.1, 0.15) is 22.6 Å². The fourth-order valence-corrected chi connectivity index (χ4v) is 2.25. The van der Waals surface area contributed by atoms with E-state index >= 15 is 0 Å². The van der Waals surface area contributed by atoms with E-state index in [9.17, 15) is 31.2 Å². The van der Waals surface area contributed by atoms with Gasteiger partial charge in [0.05, 0.1) is 28.4 Å². The van der Waals surface area contributed by atoms with E-state index in [4.69, 9.17) is 9.47 Å². The highest BCUT2D eigenvalue weighted by molar-refractivity contribution is 7.88. The summed E-state index contributed by atoms with van der Waals surface area (Å²) in [5.74, 6) is -4.90. The molecule has 0 amide bonds. The van der Waals surface area contributed by atoms with Crippen LogP contribution in [0.5, 0.6) is 17.2 Å². The Morgan fingerprint density at radius 3 is 1.54 bits per heavy atom. The Balaban J connectivity index is 3.96. The minimum Gasteiger partial charge on any atom is -0.496 e. The van der Waals surface area contributed by atoms with Gasteiger partial charge in [0, 0.05) is 6.07 Å². The summed E-state index contributed by atoms with van der Waals surface area (Å²) in [5.41, 5.74) is -7.61. The summed E-state index contributed by atoms with van der Waals surface area (Å²) in [6, 6.07) is 0.950. The van der Waals surface area contributed by atoms with Crippen LogP contribution in [0.2, 0.25) is 0 Å². The standard InChI is InChI=1S/C13H13F3O9S/c1-21-6-5-7(22-2)9(12(18)24-4)10(8(6)11(17)23-3)25-26(19,20)13(14,15)16/h5H,1-4H3. The lowest BCUT2D eigenvalue weighted by atomic mass is 10.1. The van der Waals surface area contributed by atoms with Crippen molar-refractivity contribution in [1.82, 2.24) is 0 Å². The second kappa shape index (κ2) is 7.68. The molecular weight excluding hydrogens is 389 g/mol. The molecule has 13 heteroatoms. The smallest absolute Gasteiger partial charge is 0.496 e. The zero-order valence-electron chi connectivity index (χ0n) is 13.8. The summed E-state index contributed by atoms with van der Waals surface area (Å²) in [6.45, 7) is 0. The van der Waals surface area contributed by atoms with E-state index < -0.39 is 55.9 Å². The molecule has 0 aliphatic heterocycles. The predicted molar refractivity (Wildman–Crippen MR) is 77.8 cm³/mol. The first-order valence-corrected chi connectivity index (χ1v) is 7.82. The van der Waals surface area contributed by atoms with Gasteiger partial charge in [-0.2, -0.15) is 21.6 Å². The molecule has 0 aromatic heterocycles. The quantitative estimate of drug-likeness (QED) is 0.397. The summed E-state index contributed by atoms with van der Waals surface area (Å²) >= 11 is 0. The predicted octanol–water partition coefficient (Wildman–Crippen LogP) is 1.51. The lowest BCUT2D eigenvalue weighted by molar-refractivity contribution is -0.0501. The average Bonchev–Trinajstić information content (AvgIpc) is 2.57. The Morgan fingerprint density at radius 1 is 0.885 bits per heavy atom. The minimum absolute atomic E-state index is 0.464. The van der Waals surface area contributed by atoms with Gasteiger partial charge in [0.2, 0.25) is 0 Å². The monoisotopic (exact) mass is 402 g/mol. The largest absolute Gasteiger partial charge is 0.534 e. The number of hydrogen-bond donors (Lipinski definition) is 0. The molecule has 146 valence electrons. The first-order valence-electron chi connectivity index (χ1n) is 6.41. The molecule has 0 saturated carbocycles. The molecule has 0 atom stereocenters. The maximum Gasteiger partial charge on any atom is 0.534 e. The normalized spacial score (nSPS) is 11.5. The van der Waals surface area contributed by atoms with Crippen LogP contribution in [-0.2, 0) is 19.6 Å². The molecule has 1 aromatic carbocycles. The lowest BCUT2D eigenvalue weighted by Gasteiger charge is -2.19. The molecule has 26 heavy (non-hydrogen) atoms. The molecule has 0 spiro atoms. The van der Waals surface area contributed by atoms with Gasteiger partial charge in [-0.05, 0) is 0 Å². The minimum atomic E-state index is -6.26. The molecule has 0 radical (unpaired) electrons. The summed E-state index contributed by atoms with van der Waals surface area (Å²) in [6.07, 6.45) is 0. The molecular formula is C13H13F3O9S. The van der Waals surface area contributed by atoms with Crippen LogP contribution in [0.25, 0.3) is 0 Å². The number of halogens is 3. The molecule has 0 heterocycles. The van der Waals surface area contributed by atoms with Crippen LogP contribution in [0, 0.1) is 0 Å². The summed E-state index contributed by atoms with van der Waals surface area (Å²) in [7, 11) is -2.46. The topological polar surface area (TPSA) is 114 Å². The highest BCUT2D eigenvalue weighted by atomic mass is 32.2. The third kappa shape index (κ3) is 3.92. The van der Waals surface area contributed by atoms with Crippen molar-refractivity contribution in [1.29, 1.82) is 0 Å². The molecule has 0 fully saturated rings. The van der Waals surface area contributed by atoms with Crippen molar-refractivity contribution in [3.05, 3.63) is 17.2 Å². The van der Waals surface area contributed by atoms with Gasteiger partial charge >= 0.3 is 27.6 Å². The van der Waals surface area contributed by atoms with Crippen LogP contribution in [0.3, 0.4) is 0 Å². The van der Waals surface area contributed by atoms with E-state index in [1.54, 1.807) is 0 Å². The van der Waals surface area contributed by atoms with Crippen LogP contribution < -0.4 is 13.7 Å². The highest BCUT2D eigenvalue weighted by Gasteiger charge is 2.50. The van der Waals surface area contributed by atoms with Gasteiger partial charge < -0.3 is 23.1 Å². The van der Waals surface area contributed by atoms with Crippen LogP contribution in [0.1, 0.15) is 20.7 Å². The van der Waals surface area contributed by atoms with E-state index in [2.05, 4.69) is 13.7 Å². The first kappa shape index (κ1) is 21.3. The molecule has 0 saturated heterocycles. The van der Waals surface area contributed by atoms with E-state index in [1.165, 1.54) is 0 Å². The van der Waals surface area contributed by atoms with Crippen molar-refractivity contribution >= 4 is 22.1 Å². The maximum atomic E-state index is 12.7. The second-order valence-electron chi connectivity index (χ2n) is 4.33. The lowest BCUT2D eigenvalue weighted by Crippen LogP contribution is -2.29. The van der Waals surface area contributed by atoms with Crippen LogP contribution in [0.15, 0.2) is 6.07 Å². The van der Waals surface area contributed by atoms with Gasteiger partial charge in [-0.25, -0.2) is 9.59 Å². The molecule has 0 unspecified atom stereocenters. The van der Waals surface area contributed by atoms with E-state index in [1.807, 2.05) is 0 Å². The van der Waals surface area contributed by atoms with Crippen molar-refractivity contribution in [2.24, 2.45) is 0 Å². The second-order valence-corrected chi connectivity index (χ2v) is 5.86. The SMILES string of the molecule is COC(=O)c1c(OC)cc(OC)c(C(=O)OC)c1OS(=O)(=O)C(F)(F)F. The number of hydrogen-bond acceptors (Lipinski definition) is 9. The highest BCUT2D eigenvalue weighted by Crippen LogP contribution is 2.42. The molecule has 9 nitrogen and oxygen atoms in total. The van der Waals surface area contributed by atoms with Crippen molar-refractivity contribution in [3.63, 3.8) is 0 Å². The van der Waals surface area contributed by atoms with Crippen LogP contribution in [0.4, 0.5) is 13.2 Å². The summed E-state index contributed by atoms with van der Waals surface area (Å²) in [5, 5.41) is 0. The van der Waals surface area contributed by atoms with Gasteiger partial charge in [0.15, 0.2) is 5.75 Å². The van der Waals surface area contributed by atoms with E-state index in [0.29, 0.717) is 0 Å². The van der Waals surface area contributed by atoms with Gasteiger partial charge in [0.25, 0.3) is 0 Å². The zero-order valence-corrected chi connectivity index (χ0v) is 14.6. The Bertz CT molecular complexity index is 773. The van der Waals surface area contributed by atoms with Gasteiger partial charge in [-0.3, -0.25) is 0 Å². The number of esters is 2. The number of benzene rings is 1. The molecule has 0 bridgehead atoms. The zero-order chi connectivity index (χ0) is 20.3. The molecule has 1 rings (SSSR count). The summed E-state index contributed by atoms with van der Waals surface area (Å²) < 4.78 is 83.4. The van der Waals surface area contributed by atoms with Crippen molar-refractivity contribution in [2.45, 2.75) is 5.51 Å². The van der Waals surface area contributed by atoms with Crippen molar-refractivity contribution in [2.75, 3.05) is 28.4 Å². The van der Waals surface area contributed by atoms with Crippen molar-refractivity contribution < 1.29 is 54.3 Å². The van der Waals surface area contributed by atoms with E-state index in [-0.39, 0.29) is 0 Å². The Morgan fingerprint density at radius 2 is 1.27 bits per heavy atom. The Hall–Kier alpha value is -2.70. The number of ether oxygens (including phenoxy) is 4. The third-order valence-corrected chi connectivity index (χ3v) is 3.86. The fraction of sp³-hybridized carbons (Fsp3) is 0.385. The van der Waals surface area contributed by atoms with Crippen molar-refractivity contribution in [3.8, 4) is 17.2 Å². The first-order chi connectivity index (χ1) is 11.9. The number of carbonyl (C=O) groups is 2. The summed E-state index contributed by atoms with van der Waals surface area (Å²) in [4.78, 5) is 23.9. The molecule has 0 aliphatic rings. The number of rotatable bonds is 6. The number of methoxy groups -OCH3 is 4.